The number of carbonyl (C=O) groups is 1. The molecule has 1 aliphatic rings. The van der Waals surface area contributed by atoms with Crippen molar-refractivity contribution in [1.82, 2.24) is 5.32 Å². The largest absolute Gasteiger partial charge is 0.387 e. The van der Waals surface area contributed by atoms with Crippen LogP contribution >= 0.6 is 23.2 Å². The van der Waals surface area contributed by atoms with Crippen LogP contribution in [0.2, 0.25) is 10.0 Å². The van der Waals surface area contributed by atoms with E-state index >= 15 is 0 Å². The summed E-state index contributed by atoms with van der Waals surface area (Å²) in [5, 5.41) is 13.6. The van der Waals surface area contributed by atoms with E-state index in [-0.39, 0.29) is 18.6 Å². The first-order valence-electron chi connectivity index (χ1n) is 6.53. The second kappa shape index (κ2) is 6.76. The first-order valence-corrected chi connectivity index (χ1v) is 7.29. The SMILES string of the molecule is CC1CCC(C(=O)NCC(O)c2ccc(Cl)cc2Cl)O1. The van der Waals surface area contributed by atoms with Crippen LogP contribution < -0.4 is 5.32 Å². The summed E-state index contributed by atoms with van der Waals surface area (Å²) in [6.45, 7) is 2.03. The fourth-order valence-electron chi connectivity index (χ4n) is 2.19. The lowest BCUT2D eigenvalue weighted by Crippen LogP contribution is -2.37. The van der Waals surface area contributed by atoms with Crippen molar-refractivity contribution >= 4 is 29.1 Å². The highest BCUT2D eigenvalue weighted by molar-refractivity contribution is 6.35. The molecule has 0 saturated carbocycles. The highest BCUT2D eigenvalue weighted by Crippen LogP contribution is 2.26. The molecule has 0 aliphatic carbocycles. The van der Waals surface area contributed by atoms with Gasteiger partial charge >= 0.3 is 0 Å². The van der Waals surface area contributed by atoms with E-state index in [1.165, 1.54) is 0 Å². The fraction of sp³-hybridized carbons (Fsp3) is 0.500. The Labute approximate surface area is 128 Å². The topological polar surface area (TPSA) is 58.6 Å². The number of ether oxygens (including phenoxy) is 1. The van der Waals surface area contributed by atoms with Crippen molar-refractivity contribution in [3.05, 3.63) is 33.8 Å². The molecule has 3 atom stereocenters. The summed E-state index contributed by atoms with van der Waals surface area (Å²) < 4.78 is 5.46. The molecule has 2 N–H and O–H groups in total. The molecule has 0 spiro atoms. The van der Waals surface area contributed by atoms with E-state index in [0.29, 0.717) is 22.0 Å². The highest BCUT2D eigenvalue weighted by atomic mass is 35.5. The Bertz CT molecular complexity index is 495. The van der Waals surface area contributed by atoms with Crippen molar-refractivity contribution in [1.29, 1.82) is 0 Å². The molecule has 1 aliphatic heterocycles. The zero-order valence-electron chi connectivity index (χ0n) is 11.1. The lowest BCUT2D eigenvalue weighted by molar-refractivity contribution is -0.132. The van der Waals surface area contributed by atoms with Crippen molar-refractivity contribution in [3.8, 4) is 0 Å². The molecule has 0 radical (unpaired) electrons. The van der Waals surface area contributed by atoms with Gasteiger partial charge in [0.1, 0.15) is 6.10 Å². The molecule has 1 aromatic carbocycles. The van der Waals surface area contributed by atoms with Gasteiger partial charge < -0.3 is 15.2 Å². The fourth-order valence-corrected chi connectivity index (χ4v) is 2.72. The Morgan fingerprint density at radius 2 is 2.25 bits per heavy atom. The summed E-state index contributed by atoms with van der Waals surface area (Å²) in [4.78, 5) is 11.9. The van der Waals surface area contributed by atoms with Gasteiger partial charge in [-0.1, -0.05) is 29.3 Å². The van der Waals surface area contributed by atoms with Gasteiger partial charge in [-0.3, -0.25) is 4.79 Å². The molecule has 1 saturated heterocycles. The molecule has 1 fully saturated rings. The Kier molecular flexibility index (Phi) is 5.27. The maximum Gasteiger partial charge on any atom is 0.249 e. The highest BCUT2D eigenvalue weighted by Gasteiger charge is 2.28. The maximum atomic E-state index is 11.9. The predicted octanol–water partition coefficient (Wildman–Crippen LogP) is 2.71. The van der Waals surface area contributed by atoms with E-state index < -0.39 is 12.2 Å². The van der Waals surface area contributed by atoms with Crippen LogP contribution in [0.3, 0.4) is 0 Å². The number of rotatable bonds is 4. The predicted molar refractivity (Wildman–Crippen MR) is 78.0 cm³/mol. The van der Waals surface area contributed by atoms with Crippen molar-refractivity contribution in [3.63, 3.8) is 0 Å². The number of aliphatic hydroxyl groups excluding tert-OH is 1. The normalized spacial score (nSPS) is 23.6. The first kappa shape index (κ1) is 15.6. The van der Waals surface area contributed by atoms with Crippen LogP contribution in [0, 0.1) is 0 Å². The van der Waals surface area contributed by atoms with Crippen molar-refractivity contribution in [2.75, 3.05) is 6.54 Å². The number of nitrogens with one attached hydrogen (secondary N) is 1. The van der Waals surface area contributed by atoms with Gasteiger partial charge in [0, 0.05) is 22.2 Å². The number of hydrogen-bond donors (Lipinski definition) is 2. The lowest BCUT2D eigenvalue weighted by Gasteiger charge is -2.16. The lowest BCUT2D eigenvalue weighted by atomic mass is 10.1. The minimum Gasteiger partial charge on any atom is -0.387 e. The molecular formula is C14H17Cl2NO3. The molecule has 20 heavy (non-hydrogen) atoms. The smallest absolute Gasteiger partial charge is 0.249 e. The summed E-state index contributed by atoms with van der Waals surface area (Å²) in [5.41, 5.74) is 0.539. The van der Waals surface area contributed by atoms with Crippen LogP contribution in [0.25, 0.3) is 0 Å². The van der Waals surface area contributed by atoms with Crippen LogP contribution in [0.4, 0.5) is 0 Å². The second-order valence-corrected chi connectivity index (χ2v) is 5.78. The number of amides is 1. The van der Waals surface area contributed by atoms with Gasteiger partial charge in [0.25, 0.3) is 0 Å². The Balaban J connectivity index is 1.88. The van der Waals surface area contributed by atoms with Gasteiger partial charge in [0.15, 0.2) is 0 Å². The number of hydrogen-bond acceptors (Lipinski definition) is 3. The summed E-state index contributed by atoms with van der Waals surface area (Å²) in [6.07, 6.45) is 0.413. The van der Waals surface area contributed by atoms with E-state index in [9.17, 15) is 9.90 Å². The minimum atomic E-state index is -0.873. The molecule has 4 nitrogen and oxygen atoms in total. The average molecular weight is 318 g/mol. The van der Waals surface area contributed by atoms with Crippen molar-refractivity contribution < 1.29 is 14.6 Å². The monoisotopic (exact) mass is 317 g/mol. The Hall–Kier alpha value is -0.810. The number of benzene rings is 1. The van der Waals surface area contributed by atoms with E-state index in [0.717, 1.165) is 6.42 Å². The zero-order valence-corrected chi connectivity index (χ0v) is 12.6. The van der Waals surface area contributed by atoms with Gasteiger partial charge in [0.05, 0.1) is 12.2 Å². The Morgan fingerprint density at radius 1 is 1.50 bits per heavy atom. The molecule has 6 heteroatoms. The molecule has 0 bridgehead atoms. The summed E-state index contributed by atoms with van der Waals surface area (Å²) in [5.74, 6) is -0.196. The molecule has 110 valence electrons. The van der Waals surface area contributed by atoms with Crippen LogP contribution in [0.15, 0.2) is 18.2 Å². The number of aliphatic hydroxyl groups is 1. The van der Waals surface area contributed by atoms with Crippen LogP contribution in [-0.4, -0.2) is 29.8 Å². The third kappa shape index (κ3) is 3.85. The standard InChI is InChI=1S/C14H17Cl2NO3/c1-8-2-5-13(20-8)14(19)17-7-12(18)10-4-3-9(15)6-11(10)16/h3-4,6,8,12-13,18H,2,5,7H2,1H3,(H,17,19). The van der Waals surface area contributed by atoms with Gasteiger partial charge in [-0.25, -0.2) is 0 Å². The molecular weight excluding hydrogens is 301 g/mol. The van der Waals surface area contributed by atoms with Gasteiger partial charge in [0.2, 0.25) is 5.91 Å². The molecule has 2 rings (SSSR count). The molecule has 1 heterocycles. The van der Waals surface area contributed by atoms with Crippen molar-refractivity contribution in [2.45, 2.75) is 38.1 Å². The molecule has 3 unspecified atom stereocenters. The quantitative estimate of drug-likeness (QED) is 0.897. The first-order chi connectivity index (χ1) is 9.47. The van der Waals surface area contributed by atoms with Crippen molar-refractivity contribution in [2.24, 2.45) is 0 Å². The third-order valence-electron chi connectivity index (χ3n) is 3.32. The van der Waals surface area contributed by atoms with E-state index in [2.05, 4.69) is 5.32 Å². The number of halogens is 2. The molecule has 0 aromatic heterocycles. The van der Waals surface area contributed by atoms with Crippen LogP contribution in [-0.2, 0) is 9.53 Å². The summed E-state index contributed by atoms with van der Waals surface area (Å²) >= 11 is 11.8. The van der Waals surface area contributed by atoms with Gasteiger partial charge in [-0.05, 0) is 31.9 Å². The van der Waals surface area contributed by atoms with E-state index in [1.807, 2.05) is 6.92 Å². The van der Waals surface area contributed by atoms with E-state index in [4.69, 9.17) is 27.9 Å². The van der Waals surface area contributed by atoms with Gasteiger partial charge in [-0.15, -0.1) is 0 Å². The summed E-state index contributed by atoms with van der Waals surface area (Å²) in [6, 6.07) is 4.86. The van der Waals surface area contributed by atoms with E-state index in [1.54, 1.807) is 18.2 Å². The molecule has 1 aromatic rings. The van der Waals surface area contributed by atoms with Crippen LogP contribution in [0.5, 0.6) is 0 Å². The third-order valence-corrected chi connectivity index (χ3v) is 3.88. The second-order valence-electron chi connectivity index (χ2n) is 4.94. The van der Waals surface area contributed by atoms with Gasteiger partial charge in [-0.2, -0.15) is 0 Å². The summed E-state index contributed by atoms with van der Waals surface area (Å²) in [7, 11) is 0. The molecule has 1 amide bonds. The Morgan fingerprint density at radius 3 is 2.85 bits per heavy atom. The number of carbonyl (C=O) groups excluding carboxylic acids is 1. The maximum absolute atomic E-state index is 11.9. The zero-order chi connectivity index (χ0) is 14.7. The average Bonchev–Trinajstić information content (AvgIpc) is 2.82. The van der Waals surface area contributed by atoms with Crippen LogP contribution in [0.1, 0.15) is 31.4 Å². The minimum absolute atomic E-state index is 0.0917.